The summed E-state index contributed by atoms with van der Waals surface area (Å²) in [7, 11) is 3.31. The van der Waals surface area contributed by atoms with Crippen molar-refractivity contribution in [3.8, 4) is 11.5 Å². The number of hydrogen-bond donors (Lipinski definition) is 1. The molecule has 4 nitrogen and oxygen atoms in total. The highest BCUT2D eigenvalue weighted by atomic mass is 16.5. The van der Waals surface area contributed by atoms with Crippen LogP contribution in [0.1, 0.15) is 25.0 Å². The Hall–Kier alpha value is -1.26. The Labute approximate surface area is 108 Å². The summed E-state index contributed by atoms with van der Waals surface area (Å²) in [4.78, 5) is 0. The van der Waals surface area contributed by atoms with Crippen LogP contribution >= 0.6 is 0 Å². The number of hydrogen-bond acceptors (Lipinski definition) is 4. The average Bonchev–Trinajstić information content (AvgIpc) is 2.46. The highest BCUT2D eigenvalue weighted by molar-refractivity contribution is 5.47. The van der Waals surface area contributed by atoms with E-state index in [1.807, 2.05) is 18.2 Å². The number of nitrogens with one attached hydrogen (secondary N) is 1. The Balaban J connectivity index is 2.26. The summed E-state index contributed by atoms with van der Waals surface area (Å²) in [5.41, 5.74) is 1.04. The van der Waals surface area contributed by atoms with Crippen molar-refractivity contribution in [2.75, 3.05) is 27.3 Å². The molecule has 0 aromatic heterocycles. The fourth-order valence-corrected chi connectivity index (χ4v) is 2.29. The van der Waals surface area contributed by atoms with E-state index in [-0.39, 0.29) is 12.2 Å². The molecule has 1 heterocycles. The fraction of sp³-hybridized carbons (Fsp3) is 0.571. The molecule has 0 bridgehead atoms. The van der Waals surface area contributed by atoms with Gasteiger partial charge in [0.05, 0.1) is 26.4 Å². The maximum atomic E-state index is 6.07. The first-order chi connectivity index (χ1) is 8.80. The Morgan fingerprint density at radius 1 is 1.28 bits per heavy atom. The van der Waals surface area contributed by atoms with Crippen molar-refractivity contribution in [1.82, 2.24) is 5.32 Å². The van der Waals surface area contributed by atoms with Gasteiger partial charge in [-0.05, 0) is 12.5 Å². The number of methoxy groups -OCH3 is 2. The van der Waals surface area contributed by atoms with E-state index in [4.69, 9.17) is 14.2 Å². The average molecular weight is 251 g/mol. The third-order valence-electron chi connectivity index (χ3n) is 3.29. The second-order valence-corrected chi connectivity index (χ2v) is 4.40. The first-order valence-corrected chi connectivity index (χ1v) is 6.37. The number of para-hydroxylation sites is 1. The van der Waals surface area contributed by atoms with Crippen LogP contribution in [0.5, 0.6) is 11.5 Å². The lowest BCUT2D eigenvalue weighted by Gasteiger charge is -2.31. The van der Waals surface area contributed by atoms with Gasteiger partial charge in [0.1, 0.15) is 0 Å². The normalized spacial score (nSPS) is 23.7. The van der Waals surface area contributed by atoms with E-state index in [1.165, 1.54) is 0 Å². The van der Waals surface area contributed by atoms with Gasteiger partial charge in [-0.1, -0.05) is 19.1 Å². The van der Waals surface area contributed by atoms with E-state index in [0.29, 0.717) is 0 Å². The van der Waals surface area contributed by atoms with Crippen LogP contribution in [-0.2, 0) is 4.74 Å². The van der Waals surface area contributed by atoms with Gasteiger partial charge in [-0.3, -0.25) is 0 Å². The topological polar surface area (TPSA) is 39.7 Å². The fourth-order valence-electron chi connectivity index (χ4n) is 2.29. The molecule has 0 spiro atoms. The van der Waals surface area contributed by atoms with Crippen LogP contribution < -0.4 is 14.8 Å². The van der Waals surface area contributed by atoms with Crippen molar-refractivity contribution in [2.45, 2.75) is 25.6 Å². The molecule has 2 atom stereocenters. The Morgan fingerprint density at radius 2 is 2.11 bits per heavy atom. The smallest absolute Gasteiger partial charge is 0.166 e. The van der Waals surface area contributed by atoms with Crippen LogP contribution in [0.15, 0.2) is 18.2 Å². The summed E-state index contributed by atoms with van der Waals surface area (Å²) in [6.45, 7) is 3.86. The van der Waals surface area contributed by atoms with Crippen molar-refractivity contribution >= 4 is 0 Å². The molecule has 0 aliphatic carbocycles. The van der Waals surface area contributed by atoms with Crippen LogP contribution in [0.2, 0.25) is 0 Å². The predicted octanol–water partition coefficient (Wildman–Crippen LogP) is 2.14. The minimum absolute atomic E-state index is 0.0220. The monoisotopic (exact) mass is 251 g/mol. The molecule has 2 unspecified atom stereocenters. The van der Waals surface area contributed by atoms with Gasteiger partial charge in [0.15, 0.2) is 11.5 Å². The highest BCUT2D eigenvalue weighted by Gasteiger charge is 2.25. The molecule has 0 saturated carbocycles. The maximum absolute atomic E-state index is 6.07. The highest BCUT2D eigenvalue weighted by Crippen LogP contribution is 2.37. The quantitative estimate of drug-likeness (QED) is 0.890. The summed E-state index contributed by atoms with van der Waals surface area (Å²) in [6.07, 6.45) is 1.30. The first kappa shape index (κ1) is 13.2. The van der Waals surface area contributed by atoms with Gasteiger partial charge in [-0.25, -0.2) is 0 Å². The van der Waals surface area contributed by atoms with Gasteiger partial charge in [0.2, 0.25) is 0 Å². The number of rotatable bonds is 4. The largest absolute Gasteiger partial charge is 0.493 e. The summed E-state index contributed by atoms with van der Waals surface area (Å²) >= 11 is 0. The number of benzene rings is 1. The van der Waals surface area contributed by atoms with E-state index < -0.39 is 0 Å². The van der Waals surface area contributed by atoms with Gasteiger partial charge in [0.25, 0.3) is 0 Å². The molecular weight excluding hydrogens is 230 g/mol. The lowest BCUT2D eigenvalue weighted by atomic mass is 10.0. The molecule has 4 heteroatoms. The van der Waals surface area contributed by atoms with E-state index in [9.17, 15) is 0 Å². The molecule has 1 fully saturated rings. The van der Waals surface area contributed by atoms with Crippen molar-refractivity contribution < 1.29 is 14.2 Å². The van der Waals surface area contributed by atoms with E-state index >= 15 is 0 Å². The third-order valence-corrected chi connectivity index (χ3v) is 3.29. The van der Waals surface area contributed by atoms with Crippen molar-refractivity contribution in [2.24, 2.45) is 0 Å². The van der Waals surface area contributed by atoms with Gasteiger partial charge in [-0.15, -0.1) is 0 Å². The van der Waals surface area contributed by atoms with E-state index in [0.717, 1.165) is 36.6 Å². The van der Waals surface area contributed by atoms with E-state index in [2.05, 4.69) is 12.2 Å². The van der Waals surface area contributed by atoms with Crippen LogP contribution in [0.25, 0.3) is 0 Å². The second-order valence-electron chi connectivity index (χ2n) is 4.40. The summed E-state index contributed by atoms with van der Waals surface area (Å²) in [6, 6.07) is 5.90. The third kappa shape index (κ3) is 2.60. The minimum Gasteiger partial charge on any atom is -0.493 e. The first-order valence-electron chi connectivity index (χ1n) is 6.37. The van der Waals surface area contributed by atoms with Crippen molar-refractivity contribution in [3.63, 3.8) is 0 Å². The molecular formula is C14H21NO3. The molecule has 1 aliphatic heterocycles. The van der Waals surface area contributed by atoms with Crippen molar-refractivity contribution in [1.29, 1.82) is 0 Å². The Morgan fingerprint density at radius 3 is 2.78 bits per heavy atom. The van der Waals surface area contributed by atoms with Gasteiger partial charge in [-0.2, -0.15) is 0 Å². The second kappa shape index (κ2) is 6.07. The van der Waals surface area contributed by atoms with Crippen molar-refractivity contribution in [3.05, 3.63) is 23.8 Å². The zero-order valence-corrected chi connectivity index (χ0v) is 11.2. The molecule has 18 heavy (non-hydrogen) atoms. The standard InChI is InChI=1S/C14H21NO3/c1-4-10-8-15-9-13(18-10)11-6-5-7-12(16-2)14(11)17-3/h5-7,10,13,15H,4,8-9H2,1-3H3. The Bertz CT molecular complexity index is 395. The van der Waals surface area contributed by atoms with Gasteiger partial charge < -0.3 is 19.5 Å². The number of ether oxygens (including phenoxy) is 3. The maximum Gasteiger partial charge on any atom is 0.166 e. The van der Waals surface area contributed by atoms with Crippen LogP contribution in [0, 0.1) is 0 Å². The molecule has 1 aromatic rings. The van der Waals surface area contributed by atoms with Gasteiger partial charge in [0, 0.05) is 18.7 Å². The molecule has 1 aromatic carbocycles. The molecule has 1 aliphatic rings. The number of morpholine rings is 1. The molecule has 0 amide bonds. The van der Waals surface area contributed by atoms with Crippen LogP contribution in [0.3, 0.4) is 0 Å². The lowest BCUT2D eigenvalue weighted by Crippen LogP contribution is -2.40. The summed E-state index contributed by atoms with van der Waals surface area (Å²) in [5.74, 6) is 1.51. The Kier molecular flexibility index (Phi) is 4.44. The lowest BCUT2D eigenvalue weighted by molar-refractivity contribution is -0.0409. The molecule has 1 N–H and O–H groups in total. The van der Waals surface area contributed by atoms with E-state index in [1.54, 1.807) is 14.2 Å². The van der Waals surface area contributed by atoms with Gasteiger partial charge >= 0.3 is 0 Å². The predicted molar refractivity (Wildman–Crippen MR) is 70.3 cm³/mol. The van der Waals surface area contributed by atoms with Crippen LogP contribution in [0.4, 0.5) is 0 Å². The molecule has 2 rings (SSSR count). The zero-order valence-electron chi connectivity index (χ0n) is 11.2. The minimum atomic E-state index is 0.0220. The molecule has 100 valence electrons. The summed E-state index contributed by atoms with van der Waals surface area (Å²) in [5, 5.41) is 3.40. The molecule has 1 saturated heterocycles. The molecule has 0 radical (unpaired) electrons. The zero-order chi connectivity index (χ0) is 13.0. The van der Waals surface area contributed by atoms with Crippen LogP contribution in [-0.4, -0.2) is 33.4 Å². The SMILES string of the molecule is CCC1CNCC(c2cccc(OC)c2OC)O1. The summed E-state index contributed by atoms with van der Waals surface area (Å²) < 4.78 is 16.8.